The third-order valence-electron chi connectivity index (χ3n) is 4.87. The first-order valence-electron chi connectivity index (χ1n) is 8.96. The van der Waals surface area contributed by atoms with Gasteiger partial charge in [-0.15, -0.1) is 10.2 Å². The summed E-state index contributed by atoms with van der Waals surface area (Å²) in [7, 11) is 0. The average molecular weight is 396 g/mol. The lowest BCUT2D eigenvalue weighted by Gasteiger charge is -2.37. The molecule has 1 saturated heterocycles. The molecule has 1 amide bonds. The normalized spacial score (nSPS) is 14.1. The zero-order valence-electron chi connectivity index (χ0n) is 15.3. The van der Waals surface area contributed by atoms with Crippen molar-refractivity contribution in [2.45, 2.75) is 0 Å². The van der Waals surface area contributed by atoms with E-state index in [1.807, 2.05) is 0 Å². The molecule has 2 heterocycles. The smallest absolute Gasteiger partial charge is 0.271 e. The maximum atomic E-state index is 13.1. The van der Waals surface area contributed by atoms with Crippen LogP contribution in [0.3, 0.4) is 0 Å². The monoisotopic (exact) mass is 396 g/mol. The molecular formula is C19H17FN6O3. The number of piperazine rings is 1. The van der Waals surface area contributed by atoms with E-state index in [1.165, 1.54) is 49.1 Å². The van der Waals surface area contributed by atoms with Crippen LogP contribution in [0.5, 0.6) is 0 Å². The summed E-state index contributed by atoms with van der Waals surface area (Å²) >= 11 is 0. The largest absolute Gasteiger partial charge is 0.366 e. The van der Waals surface area contributed by atoms with Gasteiger partial charge < -0.3 is 9.80 Å². The van der Waals surface area contributed by atoms with Crippen LogP contribution in [0.2, 0.25) is 0 Å². The predicted octanol–water partition coefficient (Wildman–Crippen LogP) is 2.28. The molecule has 0 atom stereocenters. The molecule has 0 bridgehead atoms. The number of nitro benzene ring substituents is 1. The van der Waals surface area contributed by atoms with E-state index in [-0.39, 0.29) is 17.4 Å². The van der Waals surface area contributed by atoms with Crippen LogP contribution in [0.25, 0.3) is 5.69 Å². The first-order chi connectivity index (χ1) is 14.0. The molecule has 1 aromatic heterocycles. The Kier molecular flexibility index (Phi) is 4.90. The first-order valence-corrected chi connectivity index (χ1v) is 8.96. The lowest BCUT2D eigenvalue weighted by molar-refractivity contribution is -0.384. The molecule has 29 heavy (non-hydrogen) atoms. The fourth-order valence-electron chi connectivity index (χ4n) is 3.35. The molecule has 1 aliphatic rings. The Balaban J connectivity index is 1.53. The van der Waals surface area contributed by atoms with E-state index in [9.17, 15) is 19.3 Å². The van der Waals surface area contributed by atoms with Crippen molar-refractivity contribution in [3.8, 4) is 5.69 Å². The molecule has 1 fully saturated rings. The highest BCUT2D eigenvalue weighted by Crippen LogP contribution is 2.29. The van der Waals surface area contributed by atoms with Gasteiger partial charge in [0.25, 0.3) is 11.6 Å². The number of non-ortho nitro benzene ring substituents is 1. The molecule has 2 aromatic carbocycles. The minimum Gasteiger partial charge on any atom is -0.366 e. The molecule has 9 nitrogen and oxygen atoms in total. The topological polar surface area (TPSA) is 97.4 Å². The molecule has 0 radical (unpaired) electrons. The van der Waals surface area contributed by atoms with E-state index < -0.39 is 4.92 Å². The summed E-state index contributed by atoms with van der Waals surface area (Å²) in [5.74, 6) is -0.529. The summed E-state index contributed by atoms with van der Waals surface area (Å²) in [5.41, 5.74) is 1.81. The van der Waals surface area contributed by atoms with E-state index in [4.69, 9.17) is 0 Å². The summed E-state index contributed by atoms with van der Waals surface area (Å²) in [5, 5.41) is 18.7. The quantitative estimate of drug-likeness (QED) is 0.496. The van der Waals surface area contributed by atoms with Gasteiger partial charge >= 0.3 is 0 Å². The molecule has 1 aliphatic heterocycles. The summed E-state index contributed by atoms with van der Waals surface area (Å²) in [4.78, 5) is 27.1. The number of nitrogens with zero attached hydrogens (tertiary/aromatic N) is 6. The van der Waals surface area contributed by atoms with Crippen molar-refractivity contribution in [2.24, 2.45) is 0 Å². The van der Waals surface area contributed by atoms with Crippen molar-refractivity contribution in [1.82, 2.24) is 19.7 Å². The van der Waals surface area contributed by atoms with Crippen molar-refractivity contribution >= 4 is 17.3 Å². The zero-order chi connectivity index (χ0) is 20.4. The summed E-state index contributed by atoms with van der Waals surface area (Å²) < 4.78 is 14.7. The van der Waals surface area contributed by atoms with Gasteiger partial charge in [-0.2, -0.15) is 0 Å². The Morgan fingerprint density at radius 1 is 0.966 bits per heavy atom. The molecule has 0 unspecified atom stereocenters. The summed E-state index contributed by atoms with van der Waals surface area (Å²) in [6, 6.07) is 10.1. The average Bonchev–Trinajstić information content (AvgIpc) is 3.28. The first kappa shape index (κ1) is 18.5. The second kappa shape index (κ2) is 7.66. The highest BCUT2D eigenvalue weighted by molar-refractivity contribution is 5.94. The minimum atomic E-state index is -0.447. The van der Waals surface area contributed by atoms with Crippen LogP contribution in [-0.4, -0.2) is 56.7 Å². The number of carbonyl (C=O) groups excluding carboxylic acids is 1. The van der Waals surface area contributed by atoms with Crippen molar-refractivity contribution in [3.05, 3.63) is 76.6 Å². The minimum absolute atomic E-state index is 0.0254. The van der Waals surface area contributed by atoms with Crippen LogP contribution in [0.4, 0.5) is 15.8 Å². The number of rotatable bonds is 4. The van der Waals surface area contributed by atoms with Gasteiger partial charge in [-0.1, -0.05) is 0 Å². The summed E-state index contributed by atoms with van der Waals surface area (Å²) in [6.45, 7) is 2.07. The SMILES string of the molecule is O=C(c1ccc(F)cc1)N1CCN(c2ccc([N+](=O)[O-])cc2-n2cnnc2)CC1. The van der Waals surface area contributed by atoms with Crippen molar-refractivity contribution in [1.29, 1.82) is 0 Å². The highest BCUT2D eigenvalue weighted by Gasteiger charge is 2.25. The van der Waals surface area contributed by atoms with Crippen molar-refractivity contribution in [2.75, 3.05) is 31.1 Å². The molecule has 0 N–H and O–H groups in total. The molecule has 3 aromatic rings. The Hall–Kier alpha value is -3.82. The standard InChI is InChI=1S/C19H17FN6O3/c20-15-3-1-14(2-4-15)19(27)24-9-7-23(8-10-24)17-6-5-16(26(28)29)11-18(17)25-12-21-22-13-25/h1-6,11-13H,7-10H2. The van der Waals surface area contributed by atoms with Crippen LogP contribution in [0.15, 0.2) is 55.1 Å². The van der Waals surface area contributed by atoms with Crippen LogP contribution in [0.1, 0.15) is 10.4 Å². The van der Waals surface area contributed by atoms with Crippen LogP contribution >= 0.6 is 0 Å². The molecule has 4 rings (SSSR count). The van der Waals surface area contributed by atoms with Crippen LogP contribution in [-0.2, 0) is 0 Å². The third kappa shape index (κ3) is 3.77. The van der Waals surface area contributed by atoms with Gasteiger partial charge in [-0.25, -0.2) is 4.39 Å². The second-order valence-electron chi connectivity index (χ2n) is 6.59. The van der Waals surface area contributed by atoms with Gasteiger partial charge in [0.15, 0.2) is 0 Å². The van der Waals surface area contributed by atoms with Crippen LogP contribution < -0.4 is 4.90 Å². The van der Waals surface area contributed by atoms with Gasteiger partial charge in [-0.3, -0.25) is 19.5 Å². The Morgan fingerprint density at radius 3 is 2.24 bits per heavy atom. The van der Waals surface area contributed by atoms with Crippen molar-refractivity contribution in [3.63, 3.8) is 0 Å². The Labute approximate surface area is 165 Å². The number of aromatic nitrogens is 3. The van der Waals surface area contributed by atoms with Gasteiger partial charge in [0.2, 0.25) is 0 Å². The lowest BCUT2D eigenvalue weighted by atomic mass is 10.1. The molecule has 0 spiro atoms. The number of hydrogen-bond acceptors (Lipinski definition) is 6. The summed E-state index contributed by atoms with van der Waals surface area (Å²) in [6.07, 6.45) is 2.97. The fraction of sp³-hybridized carbons (Fsp3) is 0.211. The van der Waals surface area contributed by atoms with E-state index in [1.54, 1.807) is 15.5 Å². The Bertz CT molecular complexity index is 1030. The molecule has 10 heteroatoms. The lowest BCUT2D eigenvalue weighted by Crippen LogP contribution is -2.49. The zero-order valence-corrected chi connectivity index (χ0v) is 15.3. The van der Waals surface area contributed by atoms with E-state index in [0.29, 0.717) is 37.4 Å². The molecular weight excluding hydrogens is 379 g/mol. The maximum absolute atomic E-state index is 13.1. The van der Waals surface area contributed by atoms with Gasteiger partial charge in [0.1, 0.15) is 18.5 Å². The number of halogens is 1. The van der Waals surface area contributed by atoms with Gasteiger partial charge in [0.05, 0.1) is 16.3 Å². The number of benzene rings is 2. The number of anilines is 1. The molecule has 148 valence electrons. The highest BCUT2D eigenvalue weighted by atomic mass is 19.1. The Morgan fingerprint density at radius 2 is 1.62 bits per heavy atom. The number of nitro groups is 1. The van der Waals surface area contributed by atoms with E-state index in [0.717, 1.165) is 5.69 Å². The second-order valence-corrected chi connectivity index (χ2v) is 6.59. The number of amides is 1. The van der Waals surface area contributed by atoms with Crippen molar-refractivity contribution < 1.29 is 14.1 Å². The maximum Gasteiger partial charge on any atom is 0.271 e. The fourth-order valence-corrected chi connectivity index (χ4v) is 3.35. The van der Waals surface area contributed by atoms with E-state index >= 15 is 0 Å². The predicted molar refractivity (Wildman–Crippen MR) is 103 cm³/mol. The van der Waals surface area contributed by atoms with Gasteiger partial charge in [-0.05, 0) is 30.3 Å². The van der Waals surface area contributed by atoms with Crippen LogP contribution in [0, 0.1) is 15.9 Å². The number of hydrogen-bond donors (Lipinski definition) is 0. The van der Waals surface area contributed by atoms with E-state index in [2.05, 4.69) is 15.1 Å². The molecule has 0 aliphatic carbocycles. The molecule has 0 saturated carbocycles. The number of carbonyl (C=O) groups is 1. The third-order valence-corrected chi connectivity index (χ3v) is 4.87. The van der Waals surface area contributed by atoms with Gasteiger partial charge in [0, 0.05) is 43.9 Å².